The van der Waals surface area contributed by atoms with Crippen LogP contribution in [0.15, 0.2) is 0 Å². The number of phosphoric acid groups is 2. The molecule has 0 radical (unpaired) electrons. The zero-order valence-electron chi connectivity index (χ0n) is 44.8. The summed E-state index contributed by atoms with van der Waals surface area (Å²) < 4.78 is 67.1. The first-order valence-electron chi connectivity index (χ1n) is 27.6. The van der Waals surface area contributed by atoms with Gasteiger partial charge in [0.1, 0.15) is 19.3 Å². The van der Waals surface area contributed by atoms with Crippen LogP contribution < -0.4 is 0 Å². The number of ether oxygens (including phenoxy) is 4. The number of aliphatic hydroxyl groups excluding tert-OH is 1. The van der Waals surface area contributed by atoms with E-state index in [0.717, 1.165) is 128 Å². The van der Waals surface area contributed by atoms with Gasteiger partial charge in [-0.2, -0.15) is 0 Å². The molecule has 0 heterocycles. The number of unbranched alkanes of at least 4 members (excludes halogenated alkanes) is 24. The van der Waals surface area contributed by atoms with Crippen molar-refractivity contribution in [1.29, 1.82) is 0 Å². The first-order chi connectivity index (χ1) is 34.0. The first kappa shape index (κ1) is 69.1. The lowest BCUT2D eigenvalue weighted by Crippen LogP contribution is -2.30. The predicted molar refractivity (Wildman–Crippen MR) is 275 cm³/mol. The molecule has 0 spiro atoms. The number of hydrogen-bond donors (Lipinski definition) is 3. The van der Waals surface area contributed by atoms with Gasteiger partial charge in [0.05, 0.1) is 26.4 Å². The minimum absolute atomic E-state index is 0.102. The third-order valence-electron chi connectivity index (χ3n) is 11.8. The quantitative estimate of drug-likeness (QED) is 0.0222. The minimum atomic E-state index is -4.93. The molecule has 0 saturated heterocycles. The number of phosphoric ester groups is 2. The summed E-state index contributed by atoms with van der Waals surface area (Å²) in [5.74, 6) is -1.43. The van der Waals surface area contributed by atoms with E-state index < -0.39 is 97.5 Å². The maximum absolute atomic E-state index is 12.8. The second kappa shape index (κ2) is 46.6. The van der Waals surface area contributed by atoms with Crippen LogP contribution in [0.4, 0.5) is 0 Å². The smallest absolute Gasteiger partial charge is 0.462 e. The van der Waals surface area contributed by atoms with Gasteiger partial charge in [0.15, 0.2) is 12.2 Å². The van der Waals surface area contributed by atoms with E-state index in [0.29, 0.717) is 25.7 Å². The Morgan fingerprint density at radius 2 is 0.648 bits per heavy atom. The van der Waals surface area contributed by atoms with E-state index in [1.54, 1.807) is 0 Å². The minimum Gasteiger partial charge on any atom is -0.462 e. The molecule has 0 aromatic carbocycles. The monoisotopic (exact) mass is 1060 g/mol. The Morgan fingerprint density at radius 3 is 0.958 bits per heavy atom. The lowest BCUT2D eigenvalue weighted by atomic mass is 10.0. The molecule has 71 heavy (non-hydrogen) atoms. The SMILES string of the molecule is CCCCCCCCCC(=O)OC[C@H](COP(=O)(O)OC[C@@H](O)COP(=O)(O)OC[C@@H](COC(=O)CCCCCCC)OC(=O)CCCCCCCCC)OC(=O)CCCCCCCCCCCC(C)C. The van der Waals surface area contributed by atoms with Crippen molar-refractivity contribution in [2.24, 2.45) is 5.92 Å². The average Bonchev–Trinajstić information content (AvgIpc) is 3.32. The van der Waals surface area contributed by atoms with E-state index in [2.05, 4.69) is 34.6 Å². The maximum Gasteiger partial charge on any atom is 0.472 e. The molecule has 0 fully saturated rings. The van der Waals surface area contributed by atoms with Crippen LogP contribution in [0.5, 0.6) is 0 Å². The van der Waals surface area contributed by atoms with Gasteiger partial charge in [-0.25, -0.2) is 9.13 Å². The first-order valence-corrected chi connectivity index (χ1v) is 30.6. The van der Waals surface area contributed by atoms with Gasteiger partial charge in [-0.15, -0.1) is 0 Å². The van der Waals surface area contributed by atoms with Crippen molar-refractivity contribution in [3.63, 3.8) is 0 Å². The molecule has 2 unspecified atom stereocenters. The van der Waals surface area contributed by atoms with E-state index in [9.17, 15) is 43.2 Å². The van der Waals surface area contributed by atoms with E-state index in [-0.39, 0.29) is 25.7 Å². The lowest BCUT2D eigenvalue weighted by Gasteiger charge is -2.21. The van der Waals surface area contributed by atoms with Gasteiger partial charge in [0, 0.05) is 25.7 Å². The van der Waals surface area contributed by atoms with Crippen molar-refractivity contribution in [3.05, 3.63) is 0 Å². The van der Waals surface area contributed by atoms with Crippen molar-refractivity contribution in [1.82, 2.24) is 0 Å². The number of carbonyl (C=O) groups is 4. The van der Waals surface area contributed by atoms with Crippen molar-refractivity contribution in [2.75, 3.05) is 39.6 Å². The third-order valence-corrected chi connectivity index (χ3v) is 13.7. The molecular formula is C52H100O17P2. The van der Waals surface area contributed by atoms with Gasteiger partial charge in [-0.3, -0.25) is 37.3 Å². The zero-order valence-corrected chi connectivity index (χ0v) is 46.6. The fourth-order valence-electron chi connectivity index (χ4n) is 7.46. The van der Waals surface area contributed by atoms with E-state index >= 15 is 0 Å². The van der Waals surface area contributed by atoms with Crippen LogP contribution in [0.2, 0.25) is 0 Å². The van der Waals surface area contributed by atoms with E-state index in [1.807, 2.05) is 0 Å². The highest BCUT2D eigenvalue weighted by Crippen LogP contribution is 2.45. The molecule has 0 aliphatic carbocycles. The topological polar surface area (TPSA) is 237 Å². The summed E-state index contributed by atoms with van der Waals surface area (Å²) >= 11 is 0. The van der Waals surface area contributed by atoms with Crippen molar-refractivity contribution >= 4 is 39.5 Å². The van der Waals surface area contributed by atoms with Gasteiger partial charge in [0.2, 0.25) is 0 Å². The van der Waals surface area contributed by atoms with Gasteiger partial charge in [-0.1, -0.05) is 195 Å². The Balaban J connectivity index is 5.15. The van der Waals surface area contributed by atoms with Crippen LogP contribution in [-0.2, 0) is 65.4 Å². The zero-order chi connectivity index (χ0) is 52.9. The van der Waals surface area contributed by atoms with Crippen LogP contribution in [0, 0.1) is 5.92 Å². The Bertz CT molecular complexity index is 1420. The van der Waals surface area contributed by atoms with Crippen molar-refractivity contribution < 1.29 is 80.2 Å². The number of carbonyl (C=O) groups excluding carboxylic acids is 4. The number of esters is 4. The summed E-state index contributed by atoms with van der Waals surface area (Å²) in [5, 5.41) is 10.4. The maximum atomic E-state index is 12.8. The number of rotatable bonds is 52. The largest absolute Gasteiger partial charge is 0.472 e. The summed E-state index contributed by atoms with van der Waals surface area (Å²) in [6.45, 7) is 6.90. The van der Waals surface area contributed by atoms with Gasteiger partial charge in [-0.05, 0) is 31.6 Å². The summed E-state index contributed by atoms with van der Waals surface area (Å²) in [7, 11) is -9.84. The number of hydrogen-bond acceptors (Lipinski definition) is 15. The van der Waals surface area contributed by atoms with Crippen LogP contribution in [-0.4, -0.2) is 96.7 Å². The molecule has 0 rings (SSSR count). The molecule has 3 N–H and O–H groups in total. The molecule has 0 bridgehead atoms. The van der Waals surface area contributed by atoms with Crippen LogP contribution in [0.1, 0.15) is 247 Å². The molecule has 420 valence electrons. The summed E-state index contributed by atoms with van der Waals surface area (Å²) in [6.07, 6.45) is 25.9. The van der Waals surface area contributed by atoms with Gasteiger partial charge >= 0.3 is 39.5 Å². The molecule has 17 nitrogen and oxygen atoms in total. The van der Waals surface area contributed by atoms with E-state index in [4.69, 9.17) is 37.0 Å². The summed E-state index contributed by atoms with van der Waals surface area (Å²) in [4.78, 5) is 71.1. The highest BCUT2D eigenvalue weighted by Gasteiger charge is 2.30. The van der Waals surface area contributed by atoms with Gasteiger partial charge in [0.25, 0.3) is 0 Å². The highest BCUT2D eigenvalue weighted by atomic mass is 31.2. The molecule has 19 heteroatoms. The second-order valence-corrected chi connectivity index (χ2v) is 22.3. The molecule has 0 aromatic heterocycles. The van der Waals surface area contributed by atoms with E-state index in [1.165, 1.54) is 38.5 Å². The van der Waals surface area contributed by atoms with Crippen molar-refractivity contribution in [2.45, 2.75) is 265 Å². The normalized spacial score (nSPS) is 14.6. The molecule has 0 amide bonds. The van der Waals surface area contributed by atoms with Crippen LogP contribution in [0.3, 0.4) is 0 Å². The third kappa shape index (κ3) is 47.5. The molecule has 0 aromatic rings. The Kier molecular flexibility index (Phi) is 45.3. The average molecular weight is 1060 g/mol. The number of aliphatic hydroxyl groups is 1. The standard InChI is InChI=1S/C52H100O17P2/c1-6-9-12-15-20-26-31-36-50(55)63-42-48(69-52(57)38-33-28-23-19-17-18-22-25-29-34-45(4)5)44-67-71(60,61)65-40-46(53)39-64-70(58,59)66-43-47(41-62-49(54)35-30-24-14-11-8-3)68-51(56)37-32-27-21-16-13-10-7-2/h45-48,53H,6-44H2,1-5H3,(H,58,59)(H,60,61)/t46-,47+,48+/m0/s1. The molecule has 0 aliphatic rings. The fourth-order valence-corrected chi connectivity index (χ4v) is 9.04. The molecular weight excluding hydrogens is 959 g/mol. The van der Waals surface area contributed by atoms with Gasteiger partial charge < -0.3 is 33.8 Å². The molecule has 0 aliphatic heterocycles. The van der Waals surface area contributed by atoms with Crippen molar-refractivity contribution in [3.8, 4) is 0 Å². The fraction of sp³-hybridized carbons (Fsp3) is 0.923. The van der Waals surface area contributed by atoms with Crippen LogP contribution in [0.25, 0.3) is 0 Å². The summed E-state index contributed by atoms with van der Waals surface area (Å²) in [5.41, 5.74) is 0. The Morgan fingerprint density at radius 1 is 0.380 bits per heavy atom. The molecule has 0 saturated carbocycles. The Labute approximate surface area is 428 Å². The Hall–Kier alpha value is -1.94. The molecule has 5 atom stereocenters. The lowest BCUT2D eigenvalue weighted by molar-refractivity contribution is -0.161. The predicted octanol–water partition coefficient (Wildman–Crippen LogP) is 13.1. The van der Waals surface area contributed by atoms with Crippen LogP contribution >= 0.6 is 15.6 Å². The second-order valence-electron chi connectivity index (χ2n) is 19.4. The summed E-state index contributed by atoms with van der Waals surface area (Å²) in [6, 6.07) is 0. The highest BCUT2D eigenvalue weighted by molar-refractivity contribution is 7.47.